The lowest BCUT2D eigenvalue weighted by Crippen LogP contribution is -2.36. The molecule has 1 aromatic heterocycles. The van der Waals surface area contributed by atoms with Crippen molar-refractivity contribution in [3.05, 3.63) is 35.0 Å². The van der Waals surface area contributed by atoms with Gasteiger partial charge in [-0.25, -0.2) is 0 Å². The molecule has 2 unspecified atom stereocenters. The van der Waals surface area contributed by atoms with Gasteiger partial charge in [0.15, 0.2) is 5.58 Å². The monoisotopic (exact) mass is 295 g/mol. The van der Waals surface area contributed by atoms with Crippen LogP contribution in [-0.2, 0) is 4.74 Å². The SMILES string of the molecule is CCNC(c1cc2cccc(Cl)c2o1)C(OC)C(C)C. The van der Waals surface area contributed by atoms with Crippen molar-refractivity contribution < 1.29 is 9.15 Å². The van der Waals surface area contributed by atoms with E-state index in [0.29, 0.717) is 10.9 Å². The Balaban J connectivity index is 2.43. The highest BCUT2D eigenvalue weighted by Gasteiger charge is 2.28. The van der Waals surface area contributed by atoms with Crippen molar-refractivity contribution in [2.75, 3.05) is 13.7 Å². The summed E-state index contributed by atoms with van der Waals surface area (Å²) in [5.74, 6) is 1.25. The molecule has 4 heteroatoms. The number of halogens is 1. The van der Waals surface area contributed by atoms with Crippen LogP contribution in [0, 0.1) is 5.92 Å². The number of rotatable bonds is 6. The van der Waals surface area contributed by atoms with Crippen LogP contribution in [0.5, 0.6) is 0 Å². The molecule has 0 aliphatic rings. The van der Waals surface area contributed by atoms with Gasteiger partial charge in [0.05, 0.1) is 17.2 Å². The van der Waals surface area contributed by atoms with Gasteiger partial charge in [-0.15, -0.1) is 0 Å². The first-order chi connectivity index (χ1) is 9.58. The Bertz CT molecular complexity index is 565. The van der Waals surface area contributed by atoms with Crippen LogP contribution in [0.1, 0.15) is 32.6 Å². The van der Waals surface area contributed by atoms with Crippen molar-refractivity contribution in [2.45, 2.75) is 32.9 Å². The number of benzene rings is 1. The van der Waals surface area contributed by atoms with E-state index in [0.717, 1.165) is 23.3 Å². The second kappa shape index (κ2) is 6.61. The molecule has 2 atom stereocenters. The Kier molecular flexibility index (Phi) is 5.08. The van der Waals surface area contributed by atoms with E-state index in [1.54, 1.807) is 7.11 Å². The van der Waals surface area contributed by atoms with Gasteiger partial charge < -0.3 is 14.5 Å². The summed E-state index contributed by atoms with van der Waals surface area (Å²) in [6.07, 6.45) is 0.0503. The third-order valence-corrected chi connectivity index (χ3v) is 3.80. The first kappa shape index (κ1) is 15.4. The van der Waals surface area contributed by atoms with E-state index >= 15 is 0 Å². The van der Waals surface area contributed by atoms with E-state index in [9.17, 15) is 0 Å². The number of ether oxygens (including phenoxy) is 1. The molecule has 0 bridgehead atoms. The van der Waals surface area contributed by atoms with Gasteiger partial charge in [-0.05, 0) is 24.6 Å². The van der Waals surface area contributed by atoms with E-state index in [2.05, 4.69) is 26.1 Å². The normalized spacial score (nSPS) is 14.9. The molecule has 1 aromatic carbocycles. The Morgan fingerprint density at radius 2 is 2.10 bits per heavy atom. The maximum absolute atomic E-state index is 6.18. The fraction of sp³-hybridized carbons (Fsp3) is 0.500. The third-order valence-electron chi connectivity index (χ3n) is 3.50. The van der Waals surface area contributed by atoms with Crippen LogP contribution < -0.4 is 5.32 Å². The second-order valence-electron chi connectivity index (χ2n) is 5.29. The molecule has 1 heterocycles. The van der Waals surface area contributed by atoms with Gasteiger partial charge in [0.2, 0.25) is 0 Å². The molecular formula is C16H22ClNO2. The van der Waals surface area contributed by atoms with E-state index in [4.69, 9.17) is 20.8 Å². The first-order valence-electron chi connectivity index (χ1n) is 7.02. The van der Waals surface area contributed by atoms with Crippen LogP contribution in [0.15, 0.2) is 28.7 Å². The number of methoxy groups -OCH3 is 1. The summed E-state index contributed by atoms with van der Waals surface area (Å²) >= 11 is 6.18. The van der Waals surface area contributed by atoms with Crippen molar-refractivity contribution >= 4 is 22.6 Å². The molecule has 110 valence electrons. The lowest BCUT2D eigenvalue weighted by Gasteiger charge is -2.28. The molecule has 0 amide bonds. The molecule has 2 rings (SSSR count). The van der Waals surface area contributed by atoms with Gasteiger partial charge >= 0.3 is 0 Å². The van der Waals surface area contributed by atoms with Crippen LogP contribution in [0.2, 0.25) is 5.02 Å². The second-order valence-corrected chi connectivity index (χ2v) is 5.69. The number of fused-ring (bicyclic) bond motifs is 1. The van der Waals surface area contributed by atoms with Crippen LogP contribution in [0.3, 0.4) is 0 Å². The zero-order valence-corrected chi connectivity index (χ0v) is 13.2. The Labute approximate surface area is 125 Å². The predicted molar refractivity (Wildman–Crippen MR) is 83.3 cm³/mol. The quantitative estimate of drug-likeness (QED) is 0.857. The zero-order valence-electron chi connectivity index (χ0n) is 12.4. The van der Waals surface area contributed by atoms with Crippen molar-refractivity contribution in [3.8, 4) is 0 Å². The number of nitrogens with one attached hydrogen (secondary N) is 1. The molecule has 20 heavy (non-hydrogen) atoms. The van der Waals surface area contributed by atoms with Crippen LogP contribution >= 0.6 is 11.6 Å². The van der Waals surface area contributed by atoms with Crippen molar-refractivity contribution in [1.82, 2.24) is 5.32 Å². The van der Waals surface area contributed by atoms with Crippen molar-refractivity contribution in [2.24, 2.45) is 5.92 Å². The molecule has 0 aliphatic carbocycles. The minimum absolute atomic E-state index is 0.0217. The molecule has 1 N–H and O–H groups in total. The van der Waals surface area contributed by atoms with Gasteiger partial charge in [0.1, 0.15) is 5.76 Å². The van der Waals surface area contributed by atoms with Crippen molar-refractivity contribution in [3.63, 3.8) is 0 Å². The fourth-order valence-corrected chi connectivity index (χ4v) is 2.81. The molecule has 0 saturated carbocycles. The Morgan fingerprint density at radius 1 is 1.35 bits per heavy atom. The van der Waals surface area contributed by atoms with Crippen LogP contribution in [0.25, 0.3) is 11.0 Å². The Morgan fingerprint density at radius 3 is 2.65 bits per heavy atom. The topological polar surface area (TPSA) is 34.4 Å². The van der Waals surface area contributed by atoms with Crippen LogP contribution in [0.4, 0.5) is 0 Å². The molecular weight excluding hydrogens is 274 g/mol. The predicted octanol–water partition coefficient (Wildman–Crippen LogP) is 4.41. The maximum atomic E-state index is 6.18. The maximum Gasteiger partial charge on any atom is 0.152 e. The third kappa shape index (κ3) is 3.00. The summed E-state index contributed by atoms with van der Waals surface area (Å²) in [7, 11) is 1.74. The van der Waals surface area contributed by atoms with Crippen LogP contribution in [-0.4, -0.2) is 19.8 Å². The van der Waals surface area contributed by atoms with Gasteiger partial charge in [0, 0.05) is 12.5 Å². The van der Waals surface area contributed by atoms with E-state index in [1.807, 2.05) is 24.3 Å². The highest BCUT2D eigenvalue weighted by Crippen LogP contribution is 2.32. The zero-order chi connectivity index (χ0) is 14.7. The average Bonchev–Trinajstić information content (AvgIpc) is 2.83. The molecule has 0 aliphatic heterocycles. The molecule has 0 saturated heterocycles. The first-order valence-corrected chi connectivity index (χ1v) is 7.40. The van der Waals surface area contributed by atoms with Crippen molar-refractivity contribution in [1.29, 1.82) is 0 Å². The summed E-state index contributed by atoms with van der Waals surface area (Å²) in [6, 6.07) is 7.85. The van der Waals surface area contributed by atoms with E-state index in [1.165, 1.54) is 0 Å². The smallest absolute Gasteiger partial charge is 0.152 e. The number of hydrogen-bond donors (Lipinski definition) is 1. The molecule has 0 spiro atoms. The van der Waals surface area contributed by atoms with Gasteiger partial charge in [-0.1, -0.05) is 44.5 Å². The molecule has 3 nitrogen and oxygen atoms in total. The summed E-state index contributed by atoms with van der Waals surface area (Å²) in [5.41, 5.74) is 0.741. The standard InChI is InChI=1S/C16H22ClNO2/c1-5-18-14(15(19-4)10(2)3)13-9-11-7-6-8-12(17)16(11)20-13/h6-10,14-15,18H,5H2,1-4H3. The number of hydrogen-bond acceptors (Lipinski definition) is 3. The van der Waals surface area contributed by atoms with Gasteiger partial charge in [-0.2, -0.15) is 0 Å². The van der Waals surface area contributed by atoms with Gasteiger partial charge in [0.25, 0.3) is 0 Å². The minimum atomic E-state index is 0.0217. The molecule has 0 radical (unpaired) electrons. The highest BCUT2D eigenvalue weighted by atomic mass is 35.5. The summed E-state index contributed by atoms with van der Waals surface area (Å²) in [5, 5.41) is 5.11. The fourth-order valence-electron chi connectivity index (χ4n) is 2.59. The Hall–Kier alpha value is -1.03. The lowest BCUT2D eigenvalue weighted by molar-refractivity contribution is 0.0274. The summed E-state index contributed by atoms with van der Waals surface area (Å²) < 4.78 is 11.6. The van der Waals surface area contributed by atoms with E-state index in [-0.39, 0.29) is 12.1 Å². The molecule has 2 aromatic rings. The minimum Gasteiger partial charge on any atom is -0.458 e. The number of likely N-dealkylation sites (N-methyl/N-ethyl adjacent to an activating group) is 1. The summed E-state index contributed by atoms with van der Waals surface area (Å²) in [6.45, 7) is 7.22. The summed E-state index contributed by atoms with van der Waals surface area (Å²) in [4.78, 5) is 0. The number of para-hydroxylation sites is 1. The molecule has 0 fully saturated rings. The lowest BCUT2D eigenvalue weighted by atomic mass is 9.97. The van der Waals surface area contributed by atoms with E-state index < -0.39 is 0 Å². The highest BCUT2D eigenvalue weighted by molar-refractivity contribution is 6.34. The average molecular weight is 296 g/mol. The van der Waals surface area contributed by atoms with Gasteiger partial charge in [-0.3, -0.25) is 0 Å². The largest absolute Gasteiger partial charge is 0.458 e. The number of furan rings is 1.